The number of ether oxygens (including phenoxy) is 1. The Balaban J connectivity index is 1.79. The fraction of sp³-hybridized carbons (Fsp3) is 0.0800. The Hall–Kier alpha value is -4.24. The lowest BCUT2D eigenvalue weighted by Gasteiger charge is -2.06. The maximum absolute atomic E-state index is 13.7. The van der Waals surface area contributed by atoms with Crippen LogP contribution in [0.15, 0.2) is 87.7 Å². The zero-order valence-electron chi connectivity index (χ0n) is 18.5. The van der Waals surface area contributed by atoms with Crippen molar-refractivity contribution in [1.29, 1.82) is 0 Å². The van der Waals surface area contributed by atoms with Gasteiger partial charge in [0.2, 0.25) is 9.84 Å². The van der Waals surface area contributed by atoms with Crippen LogP contribution in [0.3, 0.4) is 0 Å². The summed E-state index contributed by atoms with van der Waals surface area (Å²) >= 11 is 0. The molecule has 34 heavy (non-hydrogen) atoms. The van der Waals surface area contributed by atoms with E-state index in [9.17, 15) is 8.42 Å². The van der Waals surface area contributed by atoms with Gasteiger partial charge < -0.3 is 10.5 Å². The van der Waals surface area contributed by atoms with Crippen LogP contribution in [0.2, 0.25) is 0 Å². The van der Waals surface area contributed by atoms with Crippen molar-refractivity contribution >= 4 is 44.1 Å². The number of sulfone groups is 1. The molecule has 0 spiro atoms. The Morgan fingerprint density at radius 2 is 1.59 bits per heavy atom. The number of rotatable bonds is 5. The molecule has 170 valence electrons. The van der Waals surface area contributed by atoms with Crippen LogP contribution in [0.1, 0.15) is 11.1 Å². The molecule has 0 atom stereocenters. The second-order valence-corrected chi connectivity index (χ2v) is 9.60. The van der Waals surface area contributed by atoms with Gasteiger partial charge in [-0.2, -0.15) is 9.78 Å². The number of aromatic nitrogens is 3. The molecule has 0 saturated heterocycles. The van der Waals surface area contributed by atoms with E-state index in [-0.39, 0.29) is 26.8 Å². The number of para-hydroxylation sites is 3. The molecule has 0 amide bonds. The van der Waals surface area contributed by atoms with Gasteiger partial charge in [0.25, 0.3) is 0 Å². The molecule has 2 aromatic heterocycles. The predicted molar refractivity (Wildman–Crippen MR) is 132 cm³/mol. The van der Waals surface area contributed by atoms with Crippen LogP contribution in [0.5, 0.6) is 5.75 Å². The van der Waals surface area contributed by atoms with Gasteiger partial charge in [-0.3, -0.25) is 0 Å². The lowest BCUT2D eigenvalue weighted by atomic mass is 10.2. The molecule has 0 aliphatic heterocycles. The van der Waals surface area contributed by atoms with Crippen LogP contribution in [0.4, 0.5) is 5.82 Å². The highest BCUT2D eigenvalue weighted by Crippen LogP contribution is 2.35. The van der Waals surface area contributed by atoms with Gasteiger partial charge in [-0.05, 0) is 43.3 Å². The van der Waals surface area contributed by atoms with Gasteiger partial charge in [0.05, 0.1) is 29.3 Å². The minimum Gasteiger partial charge on any atom is -0.496 e. The van der Waals surface area contributed by atoms with Crippen molar-refractivity contribution in [3.05, 3.63) is 83.9 Å². The first-order valence-electron chi connectivity index (χ1n) is 10.5. The fourth-order valence-corrected chi connectivity index (χ4v) is 5.22. The lowest BCUT2D eigenvalue weighted by molar-refractivity contribution is 0.414. The number of hydrogen-bond donors (Lipinski definition) is 1. The molecule has 0 radical (unpaired) electrons. The Morgan fingerprint density at radius 3 is 2.29 bits per heavy atom. The third-order valence-corrected chi connectivity index (χ3v) is 7.31. The van der Waals surface area contributed by atoms with E-state index in [1.807, 2.05) is 37.3 Å². The van der Waals surface area contributed by atoms with Crippen molar-refractivity contribution in [2.75, 3.05) is 12.8 Å². The Morgan fingerprint density at radius 1 is 0.941 bits per heavy atom. The highest BCUT2D eigenvalue weighted by Gasteiger charge is 2.30. The van der Waals surface area contributed by atoms with Gasteiger partial charge in [0, 0.05) is 5.56 Å². The van der Waals surface area contributed by atoms with Crippen molar-refractivity contribution in [3.8, 4) is 5.75 Å². The molecule has 2 N–H and O–H groups in total. The zero-order valence-corrected chi connectivity index (χ0v) is 19.3. The van der Waals surface area contributed by atoms with Crippen LogP contribution in [0.25, 0.3) is 22.2 Å². The normalized spacial score (nSPS) is 12.1. The summed E-state index contributed by atoms with van der Waals surface area (Å²) in [6, 6.07) is 21.1. The molecule has 9 heteroatoms. The number of aryl methyl sites for hydroxylation is 1. The number of benzene rings is 3. The van der Waals surface area contributed by atoms with Gasteiger partial charge in [0.15, 0.2) is 5.65 Å². The minimum absolute atomic E-state index is 0.0722. The van der Waals surface area contributed by atoms with E-state index in [4.69, 9.17) is 10.5 Å². The topological polar surface area (TPSA) is 112 Å². The average Bonchev–Trinajstić information content (AvgIpc) is 3.12. The molecular weight excluding hydrogens is 450 g/mol. The number of nitrogens with zero attached hydrogens (tertiary/aromatic N) is 4. The summed E-state index contributed by atoms with van der Waals surface area (Å²) in [4.78, 5) is 9.26. The molecule has 0 saturated carbocycles. The average molecular weight is 472 g/mol. The number of hydrogen-bond acceptors (Lipinski definition) is 7. The molecule has 0 unspecified atom stereocenters. The molecule has 8 nitrogen and oxygen atoms in total. The highest BCUT2D eigenvalue weighted by molar-refractivity contribution is 7.92. The number of methoxy groups -OCH3 is 1. The number of nitrogens with two attached hydrogens (primary N) is 1. The van der Waals surface area contributed by atoms with E-state index < -0.39 is 9.84 Å². The second-order valence-electron chi connectivity index (χ2n) is 7.71. The number of anilines is 1. The Labute approximate surface area is 196 Å². The first-order chi connectivity index (χ1) is 16.4. The first kappa shape index (κ1) is 21.6. The van der Waals surface area contributed by atoms with Gasteiger partial charge in [-0.1, -0.05) is 42.0 Å². The van der Waals surface area contributed by atoms with Crippen LogP contribution < -0.4 is 10.5 Å². The first-order valence-corrected chi connectivity index (χ1v) is 11.9. The molecule has 0 fully saturated rings. The molecule has 5 rings (SSSR count). The standard InChI is InChI=1S/C25H21N5O3S/c1-16-11-13-18(14-12-16)34(31,32)23-22-25(29-20-9-5-4-8-19(20)28-22)30(24(23)26)27-15-17-7-3-6-10-21(17)33-2/h3-15H,26H2,1-2H3/b27-15-. The van der Waals surface area contributed by atoms with Crippen molar-refractivity contribution in [2.45, 2.75) is 16.7 Å². The van der Waals surface area contributed by atoms with Crippen LogP contribution in [-0.4, -0.2) is 36.4 Å². The lowest BCUT2D eigenvalue weighted by Crippen LogP contribution is -2.06. The highest BCUT2D eigenvalue weighted by atomic mass is 32.2. The SMILES string of the molecule is COc1ccccc1/C=N\n1c(N)c(S(=O)(=O)c2ccc(C)cc2)c2nc3ccccc3nc21. The summed E-state index contributed by atoms with van der Waals surface area (Å²) in [5, 5.41) is 4.48. The predicted octanol–water partition coefficient (Wildman–Crippen LogP) is 4.20. The van der Waals surface area contributed by atoms with E-state index in [1.54, 1.807) is 55.8 Å². The van der Waals surface area contributed by atoms with Crippen molar-refractivity contribution < 1.29 is 13.2 Å². The van der Waals surface area contributed by atoms with Crippen molar-refractivity contribution in [2.24, 2.45) is 5.10 Å². The summed E-state index contributed by atoms with van der Waals surface area (Å²) < 4.78 is 34.0. The Kier molecular flexibility index (Phi) is 5.25. The van der Waals surface area contributed by atoms with E-state index in [0.717, 1.165) is 5.56 Å². The summed E-state index contributed by atoms with van der Waals surface area (Å²) in [6.45, 7) is 1.89. The van der Waals surface area contributed by atoms with Crippen LogP contribution >= 0.6 is 0 Å². The van der Waals surface area contributed by atoms with Gasteiger partial charge >= 0.3 is 0 Å². The summed E-state index contributed by atoms with van der Waals surface area (Å²) in [5.41, 5.74) is 9.63. The largest absolute Gasteiger partial charge is 0.496 e. The van der Waals surface area contributed by atoms with E-state index >= 15 is 0 Å². The summed E-state index contributed by atoms with van der Waals surface area (Å²) in [7, 11) is -2.44. The maximum Gasteiger partial charge on any atom is 0.212 e. The van der Waals surface area contributed by atoms with Crippen molar-refractivity contribution in [3.63, 3.8) is 0 Å². The van der Waals surface area contributed by atoms with Crippen LogP contribution in [0, 0.1) is 6.92 Å². The van der Waals surface area contributed by atoms with E-state index in [1.165, 1.54) is 4.68 Å². The third kappa shape index (κ3) is 3.56. The van der Waals surface area contributed by atoms with E-state index in [2.05, 4.69) is 15.1 Å². The fourth-order valence-electron chi connectivity index (χ4n) is 3.73. The Bertz CT molecular complexity index is 1670. The van der Waals surface area contributed by atoms with Crippen molar-refractivity contribution in [1.82, 2.24) is 14.6 Å². The summed E-state index contributed by atoms with van der Waals surface area (Å²) in [5.74, 6) is 0.544. The molecule has 5 aromatic rings. The summed E-state index contributed by atoms with van der Waals surface area (Å²) in [6.07, 6.45) is 1.55. The molecule has 0 aliphatic rings. The second kappa shape index (κ2) is 8.27. The smallest absolute Gasteiger partial charge is 0.212 e. The van der Waals surface area contributed by atoms with Gasteiger partial charge in [0.1, 0.15) is 22.0 Å². The molecular formula is C25H21N5O3S. The quantitative estimate of drug-likeness (QED) is 0.385. The molecule has 0 aliphatic carbocycles. The number of fused-ring (bicyclic) bond motifs is 2. The monoisotopic (exact) mass is 471 g/mol. The number of nitrogen functional groups attached to an aromatic ring is 1. The maximum atomic E-state index is 13.7. The zero-order chi connectivity index (χ0) is 23.9. The van der Waals surface area contributed by atoms with Crippen LogP contribution in [-0.2, 0) is 9.84 Å². The van der Waals surface area contributed by atoms with Gasteiger partial charge in [-0.25, -0.2) is 18.4 Å². The molecule has 2 heterocycles. The minimum atomic E-state index is -4.00. The van der Waals surface area contributed by atoms with E-state index in [0.29, 0.717) is 22.3 Å². The van der Waals surface area contributed by atoms with Gasteiger partial charge in [-0.15, -0.1) is 0 Å². The molecule has 0 bridgehead atoms. The third-order valence-electron chi connectivity index (χ3n) is 5.48. The molecule has 3 aromatic carbocycles.